The van der Waals surface area contributed by atoms with E-state index >= 15 is 0 Å². The average Bonchev–Trinajstić information content (AvgIpc) is 2.09. The van der Waals surface area contributed by atoms with E-state index < -0.39 is 0 Å². The fourth-order valence-corrected chi connectivity index (χ4v) is 2.15. The van der Waals surface area contributed by atoms with Gasteiger partial charge in [0, 0.05) is 26.2 Å². The van der Waals surface area contributed by atoms with Crippen LogP contribution in [0.4, 0.5) is 0 Å². The van der Waals surface area contributed by atoms with Crippen molar-refractivity contribution >= 4 is 0 Å². The molecule has 78 valence electrons. The summed E-state index contributed by atoms with van der Waals surface area (Å²) in [6, 6.07) is 0. The summed E-state index contributed by atoms with van der Waals surface area (Å²) in [4.78, 5) is 0. The summed E-state index contributed by atoms with van der Waals surface area (Å²) >= 11 is 0. The molecule has 0 aromatic heterocycles. The molecule has 0 spiro atoms. The molecule has 0 unspecified atom stereocenters. The highest BCUT2D eigenvalue weighted by atomic mass is 15.5. The molecule has 1 aliphatic carbocycles. The molecule has 3 N–H and O–H groups in total. The second-order valence-corrected chi connectivity index (χ2v) is 4.67. The molecule has 0 saturated heterocycles. The molecule has 0 amide bonds. The van der Waals surface area contributed by atoms with Crippen LogP contribution in [0.5, 0.6) is 0 Å². The third-order valence-corrected chi connectivity index (χ3v) is 3.08. The Morgan fingerprint density at radius 3 is 2.31 bits per heavy atom. The Morgan fingerprint density at radius 2 is 1.92 bits per heavy atom. The highest BCUT2D eigenvalue weighted by Gasteiger charge is 2.32. The van der Waals surface area contributed by atoms with Gasteiger partial charge < -0.3 is 5.73 Å². The minimum atomic E-state index is 0.177. The maximum Gasteiger partial charge on any atom is 0.0448 e. The number of hydrogen-bond donors (Lipinski definition) is 2. The fourth-order valence-electron chi connectivity index (χ4n) is 2.15. The van der Waals surface area contributed by atoms with Gasteiger partial charge in [-0.15, -0.1) is 0 Å². The van der Waals surface area contributed by atoms with Crippen LogP contribution in [-0.2, 0) is 0 Å². The van der Waals surface area contributed by atoms with Gasteiger partial charge >= 0.3 is 0 Å². The van der Waals surface area contributed by atoms with Crippen LogP contribution in [0.25, 0.3) is 0 Å². The Balaban J connectivity index is 2.50. The highest BCUT2D eigenvalue weighted by Crippen LogP contribution is 2.31. The lowest BCUT2D eigenvalue weighted by Gasteiger charge is -2.41. The number of rotatable bonds is 3. The largest absolute Gasteiger partial charge is 0.329 e. The summed E-state index contributed by atoms with van der Waals surface area (Å²) in [7, 11) is 4.07. The maximum atomic E-state index is 5.84. The lowest BCUT2D eigenvalue weighted by molar-refractivity contribution is 0.108. The standard InChI is InChI=1S/C10H23N3/c1-9-4-6-10(8-11,7-5-9)12-13(2)3/h9,12H,4-8,11H2,1-3H3. The molecule has 1 saturated carbocycles. The molecule has 3 nitrogen and oxygen atoms in total. The fraction of sp³-hybridized carbons (Fsp3) is 1.00. The number of hydrogen-bond acceptors (Lipinski definition) is 3. The van der Waals surface area contributed by atoms with Crippen molar-refractivity contribution in [1.29, 1.82) is 0 Å². The lowest BCUT2D eigenvalue weighted by Crippen LogP contribution is -2.57. The van der Waals surface area contributed by atoms with Crippen LogP contribution in [0.1, 0.15) is 32.6 Å². The van der Waals surface area contributed by atoms with Gasteiger partial charge in [-0.05, 0) is 31.6 Å². The van der Waals surface area contributed by atoms with E-state index in [9.17, 15) is 0 Å². The average molecular weight is 185 g/mol. The third-order valence-electron chi connectivity index (χ3n) is 3.08. The van der Waals surface area contributed by atoms with Gasteiger partial charge in [-0.25, -0.2) is 5.43 Å². The Bertz CT molecular complexity index is 148. The van der Waals surface area contributed by atoms with E-state index in [1.54, 1.807) is 0 Å². The van der Waals surface area contributed by atoms with E-state index in [1.807, 2.05) is 19.1 Å². The van der Waals surface area contributed by atoms with Crippen LogP contribution in [0.3, 0.4) is 0 Å². The van der Waals surface area contributed by atoms with E-state index in [0.717, 1.165) is 12.5 Å². The predicted octanol–water partition coefficient (Wildman–Crippen LogP) is 0.960. The van der Waals surface area contributed by atoms with Gasteiger partial charge in [0.2, 0.25) is 0 Å². The Hall–Kier alpha value is -0.120. The minimum absolute atomic E-state index is 0.177. The molecule has 0 aromatic rings. The summed E-state index contributed by atoms with van der Waals surface area (Å²) in [5, 5.41) is 2.03. The first-order valence-electron chi connectivity index (χ1n) is 5.23. The van der Waals surface area contributed by atoms with E-state index in [0.29, 0.717) is 0 Å². The number of nitrogens with two attached hydrogens (primary N) is 1. The topological polar surface area (TPSA) is 41.3 Å². The minimum Gasteiger partial charge on any atom is -0.329 e. The third kappa shape index (κ3) is 2.93. The zero-order valence-electron chi connectivity index (χ0n) is 9.14. The van der Waals surface area contributed by atoms with Crippen LogP contribution in [0.2, 0.25) is 0 Å². The van der Waals surface area contributed by atoms with Crippen molar-refractivity contribution < 1.29 is 0 Å². The molecule has 0 heterocycles. The first-order valence-corrected chi connectivity index (χ1v) is 5.23. The van der Waals surface area contributed by atoms with Gasteiger partial charge in [0.1, 0.15) is 0 Å². The van der Waals surface area contributed by atoms with Crippen LogP contribution >= 0.6 is 0 Å². The van der Waals surface area contributed by atoms with E-state index in [-0.39, 0.29) is 5.54 Å². The zero-order valence-corrected chi connectivity index (χ0v) is 9.14. The predicted molar refractivity (Wildman–Crippen MR) is 56.2 cm³/mol. The van der Waals surface area contributed by atoms with Gasteiger partial charge in [0.05, 0.1) is 0 Å². The molecule has 0 aromatic carbocycles. The van der Waals surface area contributed by atoms with Crippen LogP contribution in [0.15, 0.2) is 0 Å². The SMILES string of the molecule is CC1CCC(CN)(NN(C)C)CC1. The van der Waals surface area contributed by atoms with Crippen molar-refractivity contribution in [3.63, 3.8) is 0 Å². The van der Waals surface area contributed by atoms with Crippen molar-refractivity contribution in [2.45, 2.75) is 38.1 Å². The molecular formula is C10H23N3. The molecular weight excluding hydrogens is 162 g/mol. The quantitative estimate of drug-likeness (QED) is 0.644. The van der Waals surface area contributed by atoms with E-state index in [2.05, 4.69) is 12.3 Å². The van der Waals surface area contributed by atoms with Gasteiger partial charge in [0.15, 0.2) is 0 Å². The van der Waals surface area contributed by atoms with Crippen LogP contribution in [0, 0.1) is 5.92 Å². The summed E-state index contributed by atoms with van der Waals surface area (Å²) in [5.41, 5.74) is 9.49. The number of hydrazine groups is 1. The number of nitrogens with one attached hydrogen (secondary N) is 1. The summed E-state index contributed by atoms with van der Waals surface area (Å²) in [6.45, 7) is 3.08. The normalized spacial score (nSPS) is 35.3. The van der Waals surface area contributed by atoms with Crippen LogP contribution < -0.4 is 11.2 Å². The lowest BCUT2D eigenvalue weighted by atomic mass is 9.77. The molecule has 13 heavy (non-hydrogen) atoms. The van der Waals surface area contributed by atoms with Gasteiger partial charge in [-0.2, -0.15) is 0 Å². The Labute approximate surface area is 81.6 Å². The first-order chi connectivity index (χ1) is 6.08. The second-order valence-electron chi connectivity index (χ2n) is 4.67. The summed E-state index contributed by atoms with van der Waals surface area (Å²) in [6.07, 6.45) is 5.03. The highest BCUT2D eigenvalue weighted by molar-refractivity contribution is 4.91. The molecule has 0 radical (unpaired) electrons. The zero-order chi connectivity index (χ0) is 9.90. The van der Waals surface area contributed by atoms with Crippen molar-refractivity contribution in [1.82, 2.24) is 10.4 Å². The maximum absolute atomic E-state index is 5.84. The second kappa shape index (κ2) is 4.40. The molecule has 0 bridgehead atoms. The molecule has 0 aliphatic heterocycles. The van der Waals surface area contributed by atoms with Gasteiger partial charge in [0.25, 0.3) is 0 Å². The van der Waals surface area contributed by atoms with Crippen molar-refractivity contribution in [2.24, 2.45) is 11.7 Å². The van der Waals surface area contributed by atoms with Crippen molar-refractivity contribution in [3.05, 3.63) is 0 Å². The molecule has 1 fully saturated rings. The van der Waals surface area contributed by atoms with Gasteiger partial charge in [-0.1, -0.05) is 6.92 Å². The summed E-state index contributed by atoms with van der Waals surface area (Å²) in [5.74, 6) is 0.878. The molecule has 1 aliphatic rings. The molecule has 1 rings (SSSR count). The Morgan fingerprint density at radius 1 is 1.38 bits per heavy atom. The van der Waals surface area contributed by atoms with E-state index in [1.165, 1.54) is 25.7 Å². The van der Waals surface area contributed by atoms with Crippen molar-refractivity contribution in [2.75, 3.05) is 20.6 Å². The number of nitrogens with zero attached hydrogens (tertiary/aromatic N) is 1. The van der Waals surface area contributed by atoms with Crippen LogP contribution in [-0.4, -0.2) is 31.2 Å². The van der Waals surface area contributed by atoms with Gasteiger partial charge in [-0.3, -0.25) is 5.01 Å². The van der Waals surface area contributed by atoms with E-state index in [4.69, 9.17) is 5.73 Å². The van der Waals surface area contributed by atoms with Crippen molar-refractivity contribution in [3.8, 4) is 0 Å². The first kappa shape index (κ1) is 11.0. The smallest absolute Gasteiger partial charge is 0.0448 e. The monoisotopic (exact) mass is 185 g/mol. The molecule has 3 heteroatoms. The Kier molecular flexibility index (Phi) is 3.71. The summed E-state index contributed by atoms with van der Waals surface area (Å²) < 4.78 is 0. The molecule has 0 atom stereocenters.